The van der Waals surface area contributed by atoms with E-state index in [4.69, 9.17) is 5.11 Å². The van der Waals surface area contributed by atoms with E-state index in [9.17, 15) is 13.2 Å². The van der Waals surface area contributed by atoms with Gasteiger partial charge in [-0.15, -0.1) is 11.3 Å². The Morgan fingerprint density at radius 3 is 3.00 bits per heavy atom. The van der Waals surface area contributed by atoms with Crippen LogP contribution in [0.1, 0.15) is 18.5 Å². The number of aromatic nitrogens is 1. The third kappa shape index (κ3) is 3.35. The Kier molecular flexibility index (Phi) is 4.74. The molecule has 2 heterocycles. The van der Waals surface area contributed by atoms with Crippen molar-refractivity contribution < 1.29 is 18.3 Å². The highest BCUT2D eigenvalue weighted by atomic mass is 32.2. The lowest BCUT2D eigenvalue weighted by Gasteiger charge is -2.32. The predicted molar refractivity (Wildman–Crippen MR) is 74.4 cm³/mol. The molecule has 7 nitrogen and oxygen atoms in total. The monoisotopic (exact) mass is 319 g/mol. The fraction of sp³-hybridized carbons (Fsp3) is 0.636. The number of piperidine rings is 1. The summed E-state index contributed by atoms with van der Waals surface area (Å²) in [6, 6.07) is 0. The topological polar surface area (TPSA) is 90.8 Å². The Morgan fingerprint density at radius 2 is 2.40 bits per heavy atom. The molecule has 0 saturated carbocycles. The van der Waals surface area contributed by atoms with E-state index >= 15 is 0 Å². The highest BCUT2D eigenvalue weighted by molar-refractivity contribution is 7.86. The number of aliphatic carboxylic acids is 1. The summed E-state index contributed by atoms with van der Waals surface area (Å²) in [5.41, 5.74) is 2.34. The number of carboxylic acid groups (broad SMARTS) is 1. The van der Waals surface area contributed by atoms with Crippen LogP contribution in [0.15, 0.2) is 10.9 Å². The number of nitrogens with zero attached hydrogens (tertiary/aromatic N) is 3. The lowest BCUT2D eigenvalue weighted by Crippen LogP contribution is -2.47. The van der Waals surface area contributed by atoms with Gasteiger partial charge in [0.05, 0.1) is 23.7 Å². The van der Waals surface area contributed by atoms with E-state index in [0.717, 1.165) is 0 Å². The zero-order valence-electron chi connectivity index (χ0n) is 11.1. The van der Waals surface area contributed by atoms with Crippen LogP contribution in [0.3, 0.4) is 0 Å². The van der Waals surface area contributed by atoms with Crippen LogP contribution in [0.25, 0.3) is 0 Å². The molecule has 20 heavy (non-hydrogen) atoms. The maximum absolute atomic E-state index is 12.4. The Hall–Kier alpha value is -1.03. The smallest absolute Gasteiger partial charge is 0.307 e. The molecule has 1 aliphatic heterocycles. The molecule has 1 saturated heterocycles. The van der Waals surface area contributed by atoms with Crippen LogP contribution in [0, 0.1) is 5.92 Å². The van der Waals surface area contributed by atoms with Gasteiger partial charge in [0.25, 0.3) is 10.2 Å². The van der Waals surface area contributed by atoms with Gasteiger partial charge in [-0.05, 0) is 12.8 Å². The van der Waals surface area contributed by atoms with E-state index in [-0.39, 0.29) is 13.1 Å². The number of carboxylic acids is 1. The van der Waals surface area contributed by atoms with Crippen LogP contribution in [-0.4, -0.2) is 53.2 Å². The van der Waals surface area contributed by atoms with Gasteiger partial charge in [0.2, 0.25) is 0 Å². The second-order valence-corrected chi connectivity index (χ2v) is 7.53. The first-order chi connectivity index (χ1) is 9.41. The van der Waals surface area contributed by atoms with Crippen molar-refractivity contribution in [1.82, 2.24) is 13.6 Å². The van der Waals surface area contributed by atoms with E-state index < -0.39 is 22.1 Å². The van der Waals surface area contributed by atoms with Crippen LogP contribution in [0.4, 0.5) is 0 Å². The SMILES string of the molecule is CN(Cc1cscn1)S(=O)(=O)N1CCCC(C(=O)O)C1. The van der Waals surface area contributed by atoms with Crippen LogP contribution >= 0.6 is 11.3 Å². The molecule has 0 radical (unpaired) electrons. The van der Waals surface area contributed by atoms with Crippen LogP contribution in [-0.2, 0) is 21.5 Å². The minimum atomic E-state index is -3.64. The maximum Gasteiger partial charge on any atom is 0.307 e. The Bertz CT molecular complexity index is 558. The zero-order valence-corrected chi connectivity index (χ0v) is 12.7. The summed E-state index contributed by atoms with van der Waals surface area (Å²) >= 11 is 1.41. The van der Waals surface area contributed by atoms with Gasteiger partial charge in [0.1, 0.15) is 0 Å². The summed E-state index contributed by atoms with van der Waals surface area (Å²) in [5.74, 6) is -1.56. The number of thiazole rings is 1. The maximum atomic E-state index is 12.4. The largest absolute Gasteiger partial charge is 0.481 e. The van der Waals surface area contributed by atoms with Crippen molar-refractivity contribution in [2.45, 2.75) is 19.4 Å². The number of hydrogen-bond donors (Lipinski definition) is 1. The number of carbonyl (C=O) groups is 1. The van der Waals surface area contributed by atoms with Gasteiger partial charge in [-0.25, -0.2) is 4.98 Å². The van der Waals surface area contributed by atoms with Crippen molar-refractivity contribution in [2.24, 2.45) is 5.92 Å². The van der Waals surface area contributed by atoms with Crippen molar-refractivity contribution in [3.8, 4) is 0 Å². The fourth-order valence-corrected chi connectivity index (χ4v) is 4.14. The summed E-state index contributed by atoms with van der Waals surface area (Å²) in [6.45, 7) is 0.604. The second-order valence-electron chi connectivity index (χ2n) is 4.78. The van der Waals surface area contributed by atoms with Crippen molar-refractivity contribution >= 4 is 27.5 Å². The average Bonchev–Trinajstić information content (AvgIpc) is 2.91. The molecule has 1 aliphatic rings. The Labute approximate surface area is 122 Å². The third-order valence-electron chi connectivity index (χ3n) is 3.32. The van der Waals surface area contributed by atoms with E-state index in [0.29, 0.717) is 25.1 Å². The molecule has 1 N–H and O–H groups in total. The molecular weight excluding hydrogens is 302 g/mol. The summed E-state index contributed by atoms with van der Waals surface area (Å²) < 4.78 is 27.3. The van der Waals surface area contributed by atoms with Crippen molar-refractivity contribution in [1.29, 1.82) is 0 Å². The summed E-state index contributed by atoms with van der Waals surface area (Å²) in [4.78, 5) is 15.1. The van der Waals surface area contributed by atoms with Crippen molar-refractivity contribution in [3.63, 3.8) is 0 Å². The number of rotatable bonds is 5. The minimum Gasteiger partial charge on any atom is -0.481 e. The molecule has 112 valence electrons. The van der Waals surface area contributed by atoms with Crippen LogP contribution < -0.4 is 0 Å². The van der Waals surface area contributed by atoms with Gasteiger partial charge in [-0.3, -0.25) is 4.79 Å². The van der Waals surface area contributed by atoms with E-state index in [1.165, 1.54) is 27.0 Å². The van der Waals surface area contributed by atoms with Gasteiger partial charge in [0, 0.05) is 25.5 Å². The molecule has 0 bridgehead atoms. The quantitative estimate of drug-likeness (QED) is 0.859. The molecule has 2 rings (SSSR count). The fourth-order valence-electron chi connectivity index (χ4n) is 2.18. The molecular formula is C11H17N3O4S2. The molecule has 9 heteroatoms. The zero-order chi connectivity index (χ0) is 14.8. The standard InChI is InChI=1S/C11H17N3O4S2/c1-13(6-10-7-19-8-12-10)20(17,18)14-4-2-3-9(5-14)11(15)16/h7-9H,2-6H2,1H3,(H,15,16). The molecule has 1 aromatic heterocycles. The van der Waals surface area contributed by atoms with E-state index in [1.54, 1.807) is 10.9 Å². The summed E-state index contributed by atoms with van der Waals surface area (Å²) in [7, 11) is -2.15. The molecule has 0 aliphatic carbocycles. The third-order valence-corrected chi connectivity index (χ3v) is 5.86. The highest BCUT2D eigenvalue weighted by Gasteiger charge is 2.34. The average molecular weight is 319 g/mol. The first kappa shape index (κ1) is 15.4. The second kappa shape index (κ2) is 6.17. The number of hydrogen-bond acceptors (Lipinski definition) is 5. The Balaban J connectivity index is 2.07. The van der Waals surface area contributed by atoms with Gasteiger partial charge in [-0.2, -0.15) is 17.0 Å². The van der Waals surface area contributed by atoms with Crippen molar-refractivity contribution in [2.75, 3.05) is 20.1 Å². The van der Waals surface area contributed by atoms with E-state index in [1.807, 2.05) is 0 Å². The molecule has 1 atom stereocenters. The van der Waals surface area contributed by atoms with Gasteiger partial charge in [0.15, 0.2) is 0 Å². The lowest BCUT2D eigenvalue weighted by atomic mass is 10.0. The first-order valence-corrected chi connectivity index (χ1v) is 8.56. The predicted octanol–water partition coefficient (Wildman–Crippen LogP) is 0.616. The molecule has 1 unspecified atom stereocenters. The highest BCUT2D eigenvalue weighted by Crippen LogP contribution is 2.21. The van der Waals surface area contributed by atoms with E-state index in [2.05, 4.69) is 4.98 Å². The molecule has 0 aromatic carbocycles. The van der Waals surface area contributed by atoms with Gasteiger partial charge >= 0.3 is 5.97 Å². The lowest BCUT2D eigenvalue weighted by molar-refractivity contribution is -0.142. The van der Waals surface area contributed by atoms with Crippen LogP contribution in [0.2, 0.25) is 0 Å². The molecule has 1 aromatic rings. The summed E-state index contributed by atoms with van der Waals surface area (Å²) in [5, 5.41) is 10.8. The Morgan fingerprint density at radius 1 is 1.65 bits per heavy atom. The molecule has 0 amide bonds. The first-order valence-electron chi connectivity index (χ1n) is 6.22. The normalized spacial score (nSPS) is 21.2. The van der Waals surface area contributed by atoms with Crippen LogP contribution in [0.5, 0.6) is 0 Å². The minimum absolute atomic E-state index is 0.0407. The molecule has 1 fully saturated rings. The van der Waals surface area contributed by atoms with Gasteiger partial charge < -0.3 is 5.11 Å². The summed E-state index contributed by atoms with van der Waals surface area (Å²) in [6.07, 6.45) is 1.10. The molecule has 0 spiro atoms. The van der Waals surface area contributed by atoms with Gasteiger partial charge in [-0.1, -0.05) is 0 Å². The van der Waals surface area contributed by atoms with Crippen molar-refractivity contribution in [3.05, 3.63) is 16.6 Å².